The van der Waals surface area contributed by atoms with Crippen molar-refractivity contribution in [2.24, 2.45) is 5.41 Å². The summed E-state index contributed by atoms with van der Waals surface area (Å²) < 4.78 is 0.921. The van der Waals surface area contributed by atoms with Crippen LogP contribution in [0.2, 0.25) is 0 Å². The molecule has 0 spiro atoms. The number of hydrogen-bond donors (Lipinski definition) is 1. The van der Waals surface area contributed by atoms with Crippen molar-refractivity contribution in [3.8, 4) is 0 Å². The zero-order chi connectivity index (χ0) is 14.5. The first kappa shape index (κ1) is 16.5. The molecule has 0 bridgehead atoms. The second-order valence-corrected chi connectivity index (χ2v) is 6.89. The number of aryl methyl sites for hydroxylation is 1. The van der Waals surface area contributed by atoms with Gasteiger partial charge in [-0.15, -0.1) is 11.6 Å². The summed E-state index contributed by atoms with van der Waals surface area (Å²) in [5.74, 6) is 0.653. The molecule has 0 saturated heterocycles. The maximum absolute atomic E-state index is 12.2. The molecule has 0 heterocycles. The summed E-state index contributed by atoms with van der Waals surface area (Å²) in [6.07, 6.45) is 1.98. The number of amides is 1. The van der Waals surface area contributed by atoms with Crippen molar-refractivity contribution in [3.05, 3.63) is 33.8 Å². The Bertz CT molecular complexity index is 446. The Morgan fingerprint density at radius 2 is 2.11 bits per heavy atom. The van der Waals surface area contributed by atoms with Gasteiger partial charge in [-0.05, 0) is 42.9 Å². The van der Waals surface area contributed by atoms with E-state index in [1.54, 1.807) is 0 Å². The van der Waals surface area contributed by atoms with Gasteiger partial charge in [-0.1, -0.05) is 35.8 Å². The molecule has 1 aromatic rings. The lowest BCUT2D eigenvalue weighted by atomic mass is 9.88. The Morgan fingerprint density at radius 1 is 1.42 bits per heavy atom. The number of hydrogen-bond acceptors (Lipinski definition) is 1. The minimum absolute atomic E-state index is 0.0160. The molecule has 1 amide bonds. The van der Waals surface area contributed by atoms with Crippen LogP contribution in [0.4, 0.5) is 0 Å². The van der Waals surface area contributed by atoms with E-state index in [9.17, 15) is 4.79 Å². The van der Waals surface area contributed by atoms with Crippen LogP contribution in [0.15, 0.2) is 22.7 Å². The van der Waals surface area contributed by atoms with Crippen molar-refractivity contribution in [1.82, 2.24) is 5.32 Å². The van der Waals surface area contributed by atoms with Crippen LogP contribution >= 0.6 is 27.5 Å². The molecule has 0 fully saturated rings. The largest absolute Gasteiger partial charge is 0.351 e. The molecule has 0 aliphatic carbocycles. The summed E-state index contributed by atoms with van der Waals surface area (Å²) in [6.45, 7) is 6.90. The van der Waals surface area contributed by atoms with Crippen LogP contribution in [-0.4, -0.2) is 18.3 Å². The summed E-state index contributed by atoms with van der Waals surface area (Å²) in [4.78, 5) is 12.2. The van der Waals surface area contributed by atoms with Crippen molar-refractivity contribution >= 4 is 33.4 Å². The second kappa shape index (κ2) is 7.30. The maximum atomic E-state index is 12.2. The molecule has 0 aliphatic heterocycles. The SMILES string of the molecule is Cc1ccc(Br)cc1C(=O)NCC(C)(C)CCCCl. The molecule has 19 heavy (non-hydrogen) atoms. The smallest absolute Gasteiger partial charge is 0.251 e. The highest BCUT2D eigenvalue weighted by Crippen LogP contribution is 2.22. The summed E-state index contributed by atoms with van der Waals surface area (Å²) >= 11 is 9.11. The van der Waals surface area contributed by atoms with Crippen LogP contribution in [-0.2, 0) is 0 Å². The highest BCUT2D eigenvalue weighted by molar-refractivity contribution is 9.10. The Balaban J connectivity index is 2.62. The van der Waals surface area contributed by atoms with E-state index >= 15 is 0 Å². The van der Waals surface area contributed by atoms with Crippen molar-refractivity contribution in [2.75, 3.05) is 12.4 Å². The third kappa shape index (κ3) is 5.53. The Labute approximate surface area is 129 Å². The molecular formula is C15H21BrClNO. The monoisotopic (exact) mass is 345 g/mol. The quantitative estimate of drug-likeness (QED) is 0.753. The zero-order valence-electron chi connectivity index (χ0n) is 11.7. The van der Waals surface area contributed by atoms with E-state index < -0.39 is 0 Å². The molecule has 0 saturated carbocycles. The molecule has 0 atom stereocenters. The Kier molecular flexibility index (Phi) is 6.34. The van der Waals surface area contributed by atoms with Crippen LogP contribution in [0.25, 0.3) is 0 Å². The first-order valence-corrected chi connectivity index (χ1v) is 7.79. The molecule has 106 valence electrons. The van der Waals surface area contributed by atoms with Gasteiger partial charge in [0.2, 0.25) is 0 Å². The number of rotatable bonds is 6. The number of alkyl halides is 1. The normalized spacial score (nSPS) is 11.4. The van der Waals surface area contributed by atoms with Gasteiger partial charge in [0.1, 0.15) is 0 Å². The van der Waals surface area contributed by atoms with Gasteiger partial charge < -0.3 is 5.32 Å². The molecule has 0 aliphatic rings. The van der Waals surface area contributed by atoms with Crippen LogP contribution in [0.5, 0.6) is 0 Å². The summed E-state index contributed by atoms with van der Waals surface area (Å²) in [5, 5.41) is 3.01. The molecular weight excluding hydrogens is 326 g/mol. The summed E-state index contributed by atoms with van der Waals surface area (Å²) in [6, 6.07) is 5.74. The van der Waals surface area contributed by atoms with Crippen molar-refractivity contribution in [1.29, 1.82) is 0 Å². The summed E-state index contributed by atoms with van der Waals surface area (Å²) in [7, 11) is 0. The highest BCUT2D eigenvalue weighted by Gasteiger charge is 2.19. The molecule has 1 aromatic carbocycles. The molecule has 1 N–H and O–H groups in total. The van der Waals surface area contributed by atoms with Gasteiger partial charge in [0, 0.05) is 22.5 Å². The third-order valence-corrected chi connectivity index (χ3v) is 3.92. The lowest BCUT2D eigenvalue weighted by Crippen LogP contribution is -2.34. The predicted molar refractivity (Wildman–Crippen MR) is 84.9 cm³/mol. The molecule has 1 rings (SSSR count). The number of benzene rings is 1. The van der Waals surface area contributed by atoms with Crippen LogP contribution in [0, 0.1) is 12.3 Å². The van der Waals surface area contributed by atoms with E-state index in [0.717, 1.165) is 28.4 Å². The minimum Gasteiger partial charge on any atom is -0.351 e. The van der Waals surface area contributed by atoms with Gasteiger partial charge in [-0.2, -0.15) is 0 Å². The number of halogens is 2. The average molecular weight is 347 g/mol. The number of carbonyl (C=O) groups is 1. The fourth-order valence-corrected chi connectivity index (χ4v) is 2.38. The first-order chi connectivity index (χ1) is 8.85. The predicted octanol–water partition coefficient (Wildman–Crippen LogP) is 4.53. The van der Waals surface area contributed by atoms with Gasteiger partial charge >= 0.3 is 0 Å². The lowest BCUT2D eigenvalue weighted by molar-refractivity contribution is 0.0934. The fraction of sp³-hybridized carbons (Fsp3) is 0.533. The van der Waals surface area contributed by atoms with Crippen molar-refractivity contribution in [3.63, 3.8) is 0 Å². The number of carbonyl (C=O) groups excluding carboxylic acids is 1. The minimum atomic E-state index is -0.0160. The lowest BCUT2D eigenvalue weighted by Gasteiger charge is -2.24. The van der Waals surface area contributed by atoms with E-state index in [4.69, 9.17) is 11.6 Å². The molecule has 0 aromatic heterocycles. The standard InChI is InChI=1S/C15H21BrClNO/c1-11-5-6-12(16)9-13(11)14(19)18-10-15(2,3)7-4-8-17/h5-6,9H,4,7-8,10H2,1-3H3,(H,18,19). The molecule has 0 radical (unpaired) electrons. The fourth-order valence-electron chi connectivity index (χ4n) is 1.89. The van der Waals surface area contributed by atoms with E-state index in [1.165, 1.54) is 0 Å². The Hall–Kier alpha value is -0.540. The van der Waals surface area contributed by atoms with Crippen LogP contribution in [0.3, 0.4) is 0 Å². The van der Waals surface area contributed by atoms with E-state index in [0.29, 0.717) is 12.4 Å². The Morgan fingerprint density at radius 3 is 2.74 bits per heavy atom. The average Bonchev–Trinajstić information content (AvgIpc) is 2.36. The second-order valence-electron chi connectivity index (χ2n) is 5.60. The third-order valence-electron chi connectivity index (χ3n) is 3.16. The van der Waals surface area contributed by atoms with Crippen molar-refractivity contribution < 1.29 is 4.79 Å². The highest BCUT2D eigenvalue weighted by atomic mass is 79.9. The molecule has 2 nitrogen and oxygen atoms in total. The van der Waals surface area contributed by atoms with Crippen LogP contribution in [0.1, 0.15) is 42.6 Å². The maximum Gasteiger partial charge on any atom is 0.251 e. The van der Waals surface area contributed by atoms with Crippen LogP contribution < -0.4 is 5.32 Å². The molecule has 0 unspecified atom stereocenters. The van der Waals surface area contributed by atoms with Gasteiger partial charge in [0.15, 0.2) is 0 Å². The van der Waals surface area contributed by atoms with Gasteiger partial charge in [-0.25, -0.2) is 0 Å². The van der Waals surface area contributed by atoms with Gasteiger partial charge in [0.05, 0.1) is 0 Å². The molecule has 4 heteroatoms. The van der Waals surface area contributed by atoms with E-state index in [-0.39, 0.29) is 11.3 Å². The van der Waals surface area contributed by atoms with Gasteiger partial charge in [-0.3, -0.25) is 4.79 Å². The van der Waals surface area contributed by atoms with E-state index in [2.05, 4.69) is 35.1 Å². The number of nitrogens with one attached hydrogen (secondary N) is 1. The summed E-state index contributed by atoms with van der Waals surface area (Å²) in [5.41, 5.74) is 1.78. The zero-order valence-corrected chi connectivity index (χ0v) is 14.1. The van der Waals surface area contributed by atoms with Crippen molar-refractivity contribution in [2.45, 2.75) is 33.6 Å². The first-order valence-electron chi connectivity index (χ1n) is 6.46. The topological polar surface area (TPSA) is 29.1 Å². The van der Waals surface area contributed by atoms with Gasteiger partial charge in [0.25, 0.3) is 5.91 Å². The van der Waals surface area contributed by atoms with E-state index in [1.807, 2.05) is 25.1 Å².